The zero-order chi connectivity index (χ0) is 13.4. The molecule has 1 aromatic rings. The molecule has 0 heterocycles. The van der Waals surface area contributed by atoms with Crippen LogP contribution in [0.5, 0.6) is 0 Å². The van der Waals surface area contributed by atoms with Gasteiger partial charge in [-0.25, -0.2) is 0 Å². The van der Waals surface area contributed by atoms with Crippen LogP contribution >= 0.6 is 21.5 Å². The topological polar surface area (TPSA) is 12.0 Å². The molecule has 0 amide bonds. The Morgan fingerprint density at radius 2 is 2.00 bits per heavy atom. The van der Waals surface area contributed by atoms with Gasteiger partial charge in [0.2, 0.25) is 0 Å². The molecule has 1 N–H and O–H groups in total. The first-order chi connectivity index (χ1) is 8.65. The second-order valence-electron chi connectivity index (χ2n) is 4.85. The molecule has 0 aliphatic rings. The van der Waals surface area contributed by atoms with Gasteiger partial charge in [-0.2, -0.15) is 0 Å². The van der Waals surface area contributed by atoms with Gasteiger partial charge >= 0.3 is 126 Å². The molecule has 1 rings (SSSR count). The molecule has 0 saturated carbocycles. The van der Waals surface area contributed by atoms with Crippen LogP contribution in [-0.4, -0.2) is 36.6 Å². The summed E-state index contributed by atoms with van der Waals surface area (Å²) < 4.78 is 3.57. The number of rotatable bonds is 8. The van der Waals surface area contributed by atoms with E-state index in [9.17, 15) is 0 Å². The van der Waals surface area contributed by atoms with E-state index in [-0.39, 0.29) is 0 Å². The maximum atomic E-state index is 6.94. The maximum absolute atomic E-state index is 6.94. The molecule has 0 aromatic heterocycles. The van der Waals surface area contributed by atoms with Crippen LogP contribution in [0.15, 0.2) is 30.3 Å². The van der Waals surface area contributed by atoms with Crippen molar-refractivity contribution in [3.63, 3.8) is 0 Å². The van der Waals surface area contributed by atoms with Crippen molar-refractivity contribution in [1.82, 2.24) is 5.32 Å². The van der Waals surface area contributed by atoms with Crippen LogP contribution in [0.4, 0.5) is 0 Å². The van der Waals surface area contributed by atoms with E-state index in [2.05, 4.69) is 55.2 Å². The number of nitrogens with one attached hydrogen (secondary N) is 1. The van der Waals surface area contributed by atoms with Crippen LogP contribution in [0.3, 0.4) is 0 Å². The van der Waals surface area contributed by atoms with Crippen LogP contribution in [0.25, 0.3) is 0 Å². The van der Waals surface area contributed by atoms with Gasteiger partial charge in [0.15, 0.2) is 0 Å². The molecule has 4 heteroatoms. The average molecular weight is 393 g/mol. The Bertz CT molecular complexity index is 336. The van der Waals surface area contributed by atoms with Gasteiger partial charge in [0.1, 0.15) is 0 Å². The SMILES string of the molecule is C[CH2][Sn]([Cl])([CH2]CS)[CH2]C(CNC)c1ccccc1. The Balaban J connectivity index is 2.79. The monoisotopic (exact) mass is 393 g/mol. The van der Waals surface area contributed by atoms with Crippen LogP contribution in [0.2, 0.25) is 13.3 Å². The average Bonchev–Trinajstić information content (AvgIpc) is 2.40. The van der Waals surface area contributed by atoms with Crippen molar-refractivity contribution in [1.29, 1.82) is 0 Å². The zero-order valence-electron chi connectivity index (χ0n) is 11.3. The molecular formula is C14H24ClNSSn. The molecule has 102 valence electrons. The second-order valence-corrected chi connectivity index (χ2v) is 21.9. The molecule has 0 saturated heterocycles. The van der Waals surface area contributed by atoms with Crippen molar-refractivity contribution in [3.05, 3.63) is 35.9 Å². The predicted molar refractivity (Wildman–Crippen MR) is 88.7 cm³/mol. The summed E-state index contributed by atoms with van der Waals surface area (Å²) in [6, 6.07) is 10.8. The number of hydrogen-bond donors (Lipinski definition) is 2. The van der Waals surface area contributed by atoms with Crippen molar-refractivity contribution >= 4 is 38.8 Å². The minimum absolute atomic E-state index is 0.560. The summed E-state index contributed by atoms with van der Waals surface area (Å²) in [6.45, 7) is 3.27. The third-order valence-corrected chi connectivity index (χ3v) is 19.4. The quantitative estimate of drug-likeness (QED) is 0.501. The first kappa shape index (κ1) is 16.7. The van der Waals surface area contributed by atoms with Gasteiger partial charge in [-0.15, -0.1) is 0 Å². The summed E-state index contributed by atoms with van der Waals surface area (Å²) in [5.74, 6) is 1.50. The Morgan fingerprint density at radius 1 is 1.33 bits per heavy atom. The fourth-order valence-corrected chi connectivity index (χ4v) is 15.1. The number of halogens is 1. The predicted octanol–water partition coefficient (Wildman–Crippen LogP) is 4.12. The van der Waals surface area contributed by atoms with E-state index in [0.29, 0.717) is 5.92 Å². The molecule has 18 heavy (non-hydrogen) atoms. The standard InChI is InChI=1S/C10H14N.C2H5S.C2H5.ClH.Sn/c1-9(8-11-2)10-6-4-3-5-7-10;1-2-3;1-2;;/h3-7,9,11H,1,8H2,2H3;3H,1-2H2;1H2,2H3;1H;/q;;;;+1/p-1. The van der Waals surface area contributed by atoms with Crippen molar-refractivity contribution in [2.45, 2.75) is 26.2 Å². The van der Waals surface area contributed by atoms with Crippen LogP contribution < -0.4 is 5.32 Å². The summed E-state index contributed by atoms with van der Waals surface area (Å²) in [7, 11) is 8.96. The fraction of sp³-hybridized carbons (Fsp3) is 0.571. The number of likely N-dealkylation sites (N-methyl/N-ethyl adjacent to an activating group) is 1. The van der Waals surface area contributed by atoms with Crippen molar-refractivity contribution in [2.75, 3.05) is 19.3 Å². The van der Waals surface area contributed by atoms with E-state index in [1.54, 1.807) is 0 Å². The van der Waals surface area contributed by atoms with Crippen molar-refractivity contribution < 1.29 is 0 Å². The molecule has 1 nitrogen and oxygen atoms in total. The van der Waals surface area contributed by atoms with Crippen molar-refractivity contribution in [3.8, 4) is 0 Å². The molecule has 1 aromatic carbocycles. The van der Waals surface area contributed by atoms with E-state index < -0.39 is 17.3 Å². The third kappa shape index (κ3) is 5.31. The Hall–Kier alpha value is 0.619. The molecule has 2 unspecified atom stereocenters. The minimum atomic E-state index is -2.43. The van der Waals surface area contributed by atoms with Gasteiger partial charge < -0.3 is 0 Å². The molecule has 0 aliphatic carbocycles. The van der Waals surface area contributed by atoms with E-state index in [4.69, 9.17) is 8.92 Å². The third-order valence-electron chi connectivity index (χ3n) is 3.53. The van der Waals surface area contributed by atoms with Crippen LogP contribution in [-0.2, 0) is 0 Å². The van der Waals surface area contributed by atoms with E-state index in [1.165, 1.54) is 18.9 Å². The van der Waals surface area contributed by atoms with Gasteiger partial charge in [-0.1, -0.05) is 0 Å². The number of thiol groups is 1. The number of benzene rings is 1. The second kappa shape index (κ2) is 8.72. The molecule has 0 spiro atoms. The summed E-state index contributed by atoms with van der Waals surface area (Å²) in [5.41, 5.74) is 1.42. The first-order valence-corrected chi connectivity index (χ1v) is 16.9. The van der Waals surface area contributed by atoms with Crippen molar-refractivity contribution in [2.24, 2.45) is 0 Å². The summed E-state index contributed by atoms with van der Waals surface area (Å²) >= 11 is 1.95. The molecule has 0 bridgehead atoms. The van der Waals surface area contributed by atoms with Crippen LogP contribution in [0, 0.1) is 0 Å². The molecule has 2 atom stereocenters. The number of hydrogen-bond acceptors (Lipinski definition) is 2. The summed E-state index contributed by atoms with van der Waals surface area (Å²) in [4.78, 5) is 0. The molecule has 0 aliphatic heterocycles. The van der Waals surface area contributed by atoms with Gasteiger partial charge in [0.05, 0.1) is 0 Å². The molecule has 0 radical (unpaired) electrons. The first-order valence-electron chi connectivity index (χ1n) is 6.64. The van der Waals surface area contributed by atoms with Gasteiger partial charge in [0.25, 0.3) is 0 Å². The normalized spacial score (nSPS) is 16.2. The van der Waals surface area contributed by atoms with E-state index >= 15 is 0 Å². The van der Waals surface area contributed by atoms with Gasteiger partial charge in [-0.05, 0) is 0 Å². The van der Waals surface area contributed by atoms with E-state index in [1.807, 2.05) is 7.05 Å². The summed E-state index contributed by atoms with van der Waals surface area (Å²) in [6.07, 6.45) is 0. The van der Waals surface area contributed by atoms with Gasteiger partial charge in [-0.3, -0.25) is 0 Å². The Morgan fingerprint density at radius 3 is 2.50 bits per heavy atom. The Labute approximate surface area is 125 Å². The van der Waals surface area contributed by atoms with E-state index in [0.717, 1.165) is 12.3 Å². The fourth-order valence-electron chi connectivity index (χ4n) is 2.34. The summed E-state index contributed by atoms with van der Waals surface area (Å²) in [5, 5.41) is 3.31. The zero-order valence-corrected chi connectivity index (χ0v) is 15.8. The molecular weight excluding hydrogens is 368 g/mol. The Kier molecular flexibility index (Phi) is 8.08. The molecule has 0 fully saturated rings. The van der Waals surface area contributed by atoms with Gasteiger partial charge in [0, 0.05) is 0 Å². The van der Waals surface area contributed by atoms with Crippen LogP contribution in [0.1, 0.15) is 18.4 Å².